The second-order valence-electron chi connectivity index (χ2n) is 17.3. The third-order valence-electron chi connectivity index (χ3n) is 4.49. The van der Waals surface area contributed by atoms with Gasteiger partial charge in [-0.2, -0.15) is 0 Å². The number of rotatable bonds is 6. The molecule has 3 aliphatic heterocycles. The van der Waals surface area contributed by atoms with Gasteiger partial charge in [-0.1, -0.05) is 167 Å². The largest absolute Gasteiger partial charge is 3.00 e. The summed E-state index contributed by atoms with van der Waals surface area (Å²) in [5.74, 6) is 0. The van der Waals surface area contributed by atoms with Crippen LogP contribution in [0.1, 0.15) is 38.5 Å². The first kappa shape index (κ1) is 60.6. The van der Waals surface area contributed by atoms with Gasteiger partial charge in [0.2, 0.25) is 0 Å². The van der Waals surface area contributed by atoms with Crippen molar-refractivity contribution in [2.75, 3.05) is 39.6 Å². The molecule has 0 bridgehead atoms. The van der Waals surface area contributed by atoms with Crippen molar-refractivity contribution in [3.05, 3.63) is 13.9 Å². The Morgan fingerprint density at radius 3 is 0.444 bits per heavy atom. The molecule has 0 spiro atoms. The van der Waals surface area contributed by atoms with E-state index < -0.39 is 49.4 Å². The predicted octanol–water partition coefficient (Wildman–Crippen LogP) is 5.49. The first-order valence-electron chi connectivity index (χ1n) is 16.6. The third-order valence-corrected chi connectivity index (χ3v) is 20.6. The van der Waals surface area contributed by atoms with Crippen molar-refractivity contribution in [2.45, 2.75) is 156 Å². The van der Waals surface area contributed by atoms with Crippen molar-refractivity contribution in [2.24, 2.45) is 0 Å². The predicted molar refractivity (Wildman–Crippen MR) is 210 cm³/mol. The molecule has 0 aromatic carbocycles. The second-order valence-corrected chi connectivity index (χ2v) is 46.1. The fraction of sp³-hybridized carbons (Fsp3) is 1.00. The van der Waals surface area contributed by atoms with Crippen molar-refractivity contribution in [3.63, 3.8) is 0 Å². The molecule has 3 heterocycles. The molecule has 0 unspecified atom stereocenters. The SMILES string of the molecule is C1CCOC1.C1CCOC1.C1CCOC1.C[Si](C)(C)[N-][Si](C)(C)C.C[Si](C)(C)[N-][Si](C)(C)C.C[Si](C)(C)[N-][Si](C)(C)C.[Cl-].[Li+].[Yb+3]. The van der Waals surface area contributed by atoms with E-state index in [4.69, 9.17) is 28.2 Å². The summed E-state index contributed by atoms with van der Waals surface area (Å²) in [4.78, 5) is 0. The molecule has 277 valence electrons. The molecular weight excluding hydrogens is 834 g/mol. The van der Waals surface area contributed by atoms with Gasteiger partial charge in [0.15, 0.2) is 0 Å². The average molecular weight is 913 g/mol. The van der Waals surface area contributed by atoms with Crippen LogP contribution in [0.3, 0.4) is 0 Å². The summed E-state index contributed by atoms with van der Waals surface area (Å²) in [7, 11) is -6.64. The molecule has 3 rings (SSSR count). The molecule has 0 aromatic rings. The summed E-state index contributed by atoms with van der Waals surface area (Å²) in [5, 5.41) is 0. The maximum Gasteiger partial charge on any atom is 3.00 e. The zero-order valence-electron chi connectivity index (χ0n) is 33.7. The van der Waals surface area contributed by atoms with Crippen LogP contribution in [0.25, 0.3) is 13.9 Å². The van der Waals surface area contributed by atoms with Crippen LogP contribution < -0.4 is 31.3 Å². The van der Waals surface area contributed by atoms with Gasteiger partial charge in [-0.15, -0.1) is 0 Å². The average Bonchev–Trinajstić information content (AvgIpc) is 3.49. The van der Waals surface area contributed by atoms with Crippen molar-refractivity contribution >= 4 is 49.4 Å². The topological polar surface area (TPSA) is 70.0 Å². The van der Waals surface area contributed by atoms with Gasteiger partial charge in [0.05, 0.1) is 0 Å². The molecule has 0 saturated carbocycles. The van der Waals surface area contributed by atoms with Gasteiger partial charge in [0.25, 0.3) is 0 Å². The quantitative estimate of drug-likeness (QED) is 0.332. The Morgan fingerprint density at radius 2 is 0.422 bits per heavy atom. The number of nitrogens with zero attached hydrogens (tertiary/aromatic N) is 3. The van der Waals surface area contributed by atoms with Crippen LogP contribution in [-0.4, -0.2) is 89.1 Å². The number of halogens is 1. The van der Waals surface area contributed by atoms with Crippen LogP contribution in [0.15, 0.2) is 0 Å². The molecule has 45 heavy (non-hydrogen) atoms. The first-order chi connectivity index (χ1) is 18.6. The van der Waals surface area contributed by atoms with E-state index in [9.17, 15) is 0 Å². The summed E-state index contributed by atoms with van der Waals surface area (Å²) in [6, 6.07) is 0. The van der Waals surface area contributed by atoms with E-state index >= 15 is 0 Å². The molecular formula is C30H78ClLiN3O3Si6Yb. The molecule has 15 heteroatoms. The smallest absolute Gasteiger partial charge is 1.00 e. The monoisotopic (exact) mass is 912 g/mol. The first-order valence-corrected chi connectivity index (χ1v) is 37.3. The molecule has 3 fully saturated rings. The van der Waals surface area contributed by atoms with Crippen molar-refractivity contribution < 1.29 is 92.4 Å². The molecule has 3 aliphatic rings. The Kier molecular flexibility index (Phi) is 41.8. The van der Waals surface area contributed by atoms with Gasteiger partial charge >= 0.3 is 65.8 Å². The summed E-state index contributed by atoms with van der Waals surface area (Å²) in [5.41, 5.74) is 0. The van der Waals surface area contributed by atoms with E-state index in [1.165, 1.54) is 38.5 Å². The second kappa shape index (κ2) is 31.0. The third kappa shape index (κ3) is 73.8. The Balaban J connectivity index is -0.000000102. The fourth-order valence-electron chi connectivity index (χ4n) is 4.55. The fourth-order valence-corrected chi connectivity index (χ4v) is 28.7. The van der Waals surface area contributed by atoms with Crippen molar-refractivity contribution in [1.82, 2.24) is 0 Å². The Morgan fingerprint density at radius 1 is 0.311 bits per heavy atom. The molecule has 0 aromatic heterocycles. The standard InChI is InChI=1S/3C6H18NSi2.3C4H8O.ClH.Li.Yb/c3*1-8(2,3)7-9(4,5)6;3*1-2-4-5-3-1;;;/h3*1-6H3;3*1-4H2;1H;;/q3*-1;;;;;+1;+3/p-1. The van der Waals surface area contributed by atoms with Crippen LogP contribution in [0.2, 0.25) is 118 Å². The minimum atomic E-state index is -1.11. The molecule has 1 radical (unpaired) electrons. The minimum absolute atomic E-state index is 0. The van der Waals surface area contributed by atoms with Crippen LogP contribution in [0, 0.1) is 46.9 Å². The van der Waals surface area contributed by atoms with Gasteiger partial charge in [-0.3, -0.25) is 0 Å². The Bertz CT molecular complexity index is 483. The minimum Gasteiger partial charge on any atom is -1.00 e. The van der Waals surface area contributed by atoms with Gasteiger partial charge in [-0.05, 0) is 38.5 Å². The Hall–Kier alpha value is 3.47. The molecule has 0 amide bonds. The van der Waals surface area contributed by atoms with Crippen molar-refractivity contribution in [3.8, 4) is 0 Å². The van der Waals surface area contributed by atoms with E-state index in [-0.39, 0.29) is 78.2 Å². The molecule has 0 N–H and O–H groups in total. The summed E-state index contributed by atoms with van der Waals surface area (Å²) in [6.07, 6.45) is 7.67. The van der Waals surface area contributed by atoms with E-state index in [2.05, 4.69) is 118 Å². The number of ether oxygens (including phenoxy) is 3. The number of hydrogen-bond donors (Lipinski definition) is 0. The van der Waals surface area contributed by atoms with Gasteiger partial charge in [0, 0.05) is 39.6 Å². The molecule has 0 atom stereocenters. The molecule has 0 aliphatic carbocycles. The maximum absolute atomic E-state index is 4.94. The summed E-state index contributed by atoms with van der Waals surface area (Å²) < 4.78 is 29.3. The molecule has 3 saturated heterocycles. The molecule has 6 nitrogen and oxygen atoms in total. The van der Waals surface area contributed by atoms with Crippen LogP contribution >= 0.6 is 0 Å². The van der Waals surface area contributed by atoms with E-state index in [1.54, 1.807) is 0 Å². The van der Waals surface area contributed by atoms with Gasteiger partial charge in [-0.25, -0.2) is 0 Å². The normalized spacial score (nSPS) is 16.4. The van der Waals surface area contributed by atoms with Crippen LogP contribution in [0.4, 0.5) is 0 Å². The van der Waals surface area contributed by atoms with E-state index in [0.29, 0.717) is 0 Å². The number of hydrogen-bond acceptors (Lipinski definition) is 3. The van der Waals surface area contributed by atoms with E-state index in [0.717, 1.165) is 39.6 Å². The van der Waals surface area contributed by atoms with Crippen LogP contribution in [0.5, 0.6) is 0 Å². The zero-order valence-corrected chi connectivity index (χ0v) is 42.2. The van der Waals surface area contributed by atoms with Crippen LogP contribution in [-0.2, 0) is 14.2 Å². The van der Waals surface area contributed by atoms with Gasteiger partial charge < -0.3 is 40.6 Å². The summed E-state index contributed by atoms with van der Waals surface area (Å²) in [6.45, 7) is 47.3. The maximum atomic E-state index is 4.94. The van der Waals surface area contributed by atoms with Gasteiger partial charge in [0.1, 0.15) is 0 Å². The Labute approximate surface area is 347 Å². The summed E-state index contributed by atoms with van der Waals surface area (Å²) >= 11 is 0. The van der Waals surface area contributed by atoms with Crippen molar-refractivity contribution in [1.29, 1.82) is 0 Å². The van der Waals surface area contributed by atoms with E-state index in [1.807, 2.05) is 0 Å². The zero-order chi connectivity index (χ0) is 33.7.